The highest BCUT2D eigenvalue weighted by Gasteiger charge is 2.03. The molecule has 0 atom stereocenters. The minimum atomic E-state index is 1.03. The lowest BCUT2D eigenvalue weighted by atomic mass is 9.98. The Hall–Kier alpha value is -2.55. The second-order valence-corrected chi connectivity index (χ2v) is 4.45. The Morgan fingerprint density at radius 3 is 2.00 bits per heavy atom. The Kier molecular flexibility index (Phi) is 3.02. The molecule has 1 aromatic carbocycles. The van der Waals surface area contributed by atoms with Gasteiger partial charge in [-0.05, 0) is 47.4 Å². The van der Waals surface area contributed by atoms with Crippen LogP contribution in [0, 0.1) is 6.92 Å². The summed E-state index contributed by atoms with van der Waals surface area (Å²) in [6.45, 7) is 2.10. The molecule has 0 aliphatic rings. The van der Waals surface area contributed by atoms with E-state index in [-0.39, 0.29) is 0 Å². The maximum Gasteiger partial charge on any atom is 0.115 e. The topological polar surface area (TPSA) is 38.7 Å². The third kappa shape index (κ3) is 2.50. The molecule has 3 nitrogen and oxygen atoms in total. The molecule has 0 unspecified atom stereocenters. The van der Waals surface area contributed by atoms with Crippen LogP contribution < -0.4 is 0 Å². The highest BCUT2D eigenvalue weighted by Crippen LogP contribution is 2.26. The standard InChI is InChI=1S/C16H13N3/c1-12-6-14(13-2-4-17-5-3-13)8-15(7-12)16-9-18-11-19-10-16/h2-11H,1H3. The molecule has 3 rings (SSSR count). The fraction of sp³-hybridized carbons (Fsp3) is 0.0625. The summed E-state index contributed by atoms with van der Waals surface area (Å²) in [5.74, 6) is 0. The molecule has 0 fully saturated rings. The van der Waals surface area contributed by atoms with Crippen molar-refractivity contribution in [3.05, 3.63) is 67.0 Å². The summed E-state index contributed by atoms with van der Waals surface area (Å²) in [4.78, 5) is 12.2. The van der Waals surface area contributed by atoms with Gasteiger partial charge in [0.05, 0.1) is 0 Å². The van der Waals surface area contributed by atoms with E-state index in [0.29, 0.717) is 0 Å². The number of nitrogens with zero attached hydrogens (tertiary/aromatic N) is 3. The van der Waals surface area contributed by atoms with Crippen LogP contribution in [-0.4, -0.2) is 15.0 Å². The summed E-state index contributed by atoms with van der Waals surface area (Å²) >= 11 is 0. The van der Waals surface area contributed by atoms with Crippen LogP contribution in [-0.2, 0) is 0 Å². The average Bonchev–Trinajstić information content (AvgIpc) is 2.48. The van der Waals surface area contributed by atoms with Crippen LogP contribution in [0.15, 0.2) is 61.4 Å². The Bertz CT molecular complexity index is 621. The number of aryl methyl sites for hydroxylation is 1. The van der Waals surface area contributed by atoms with Gasteiger partial charge >= 0.3 is 0 Å². The smallest absolute Gasteiger partial charge is 0.115 e. The first-order chi connectivity index (χ1) is 9.33. The molecule has 92 valence electrons. The zero-order valence-electron chi connectivity index (χ0n) is 10.6. The van der Waals surface area contributed by atoms with Crippen LogP contribution in [0.25, 0.3) is 22.3 Å². The van der Waals surface area contributed by atoms with Crippen molar-refractivity contribution in [1.82, 2.24) is 15.0 Å². The Morgan fingerprint density at radius 1 is 0.684 bits per heavy atom. The minimum Gasteiger partial charge on any atom is -0.265 e. The van der Waals surface area contributed by atoms with Gasteiger partial charge in [0.15, 0.2) is 0 Å². The van der Waals surface area contributed by atoms with E-state index in [1.54, 1.807) is 6.33 Å². The first kappa shape index (κ1) is 11.5. The van der Waals surface area contributed by atoms with Gasteiger partial charge < -0.3 is 0 Å². The van der Waals surface area contributed by atoms with Gasteiger partial charge in [0.25, 0.3) is 0 Å². The highest BCUT2D eigenvalue weighted by atomic mass is 14.8. The Balaban J connectivity index is 2.12. The molecule has 0 bridgehead atoms. The van der Waals surface area contributed by atoms with Crippen LogP contribution in [0.1, 0.15) is 5.56 Å². The number of hydrogen-bond acceptors (Lipinski definition) is 3. The van der Waals surface area contributed by atoms with Gasteiger partial charge in [0, 0.05) is 30.4 Å². The molecule has 0 spiro atoms. The maximum absolute atomic E-state index is 4.07. The zero-order chi connectivity index (χ0) is 13.1. The van der Waals surface area contributed by atoms with E-state index in [4.69, 9.17) is 0 Å². The number of aromatic nitrogens is 3. The summed E-state index contributed by atoms with van der Waals surface area (Å²) in [5, 5.41) is 0. The molecular formula is C16H13N3. The monoisotopic (exact) mass is 247 g/mol. The van der Waals surface area contributed by atoms with Crippen LogP contribution in [0.2, 0.25) is 0 Å². The van der Waals surface area contributed by atoms with Gasteiger partial charge in [-0.25, -0.2) is 9.97 Å². The molecule has 0 amide bonds. The summed E-state index contributed by atoms with van der Waals surface area (Å²) < 4.78 is 0. The third-order valence-electron chi connectivity index (χ3n) is 2.98. The lowest BCUT2D eigenvalue weighted by molar-refractivity contribution is 1.17. The van der Waals surface area contributed by atoms with Crippen LogP contribution >= 0.6 is 0 Å². The Labute approximate surface area is 112 Å². The summed E-state index contributed by atoms with van der Waals surface area (Å²) in [6.07, 6.45) is 8.82. The second kappa shape index (κ2) is 4.98. The van der Waals surface area contributed by atoms with E-state index in [1.165, 1.54) is 11.1 Å². The molecule has 19 heavy (non-hydrogen) atoms. The summed E-state index contributed by atoms with van der Waals surface area (Å²) in [7, 11) is 0. The van der Waals surface area contributed by atoms with Crippen molar-refractivity contribution in [3.8, 4) is 22.3 Å². The van der Waals surface area contributed by atoms with Gasteiger partial charge in [-0.3, -0.25) is 4.98 Å². The van der Waals surface area contributed by atoms with Gasteiger partial charge in [0.2, 0.25) is 0 Å². The largest absolute Gasteiger partial charge is 0.265 e. The van der Waals surface area contributed by atoms with Gasteiger partial charge in [0.1, 0.15) is 6.33 Å². The van der Waals surface area contributed by atoms with Gasteiger partial charge in [-0.15, -0.1) is 0 Å². The van der Waals surface area contributed by atoms with E-state index in [0.717, 1.165) is 16.7 Å². The average molecular weight is 247 g/mol. The lowest BCUT2D eigenvalue weighted by Crippen LogP contribution is -1.86. The number of rotatable bonds is 2. The molecule has 0 aliphatic carbocycles. The molecule has 2 aromatic heterocycles. The van der Waals surface area contributed by atoms with Crippen molar-refractivity contribution in [2.75, 3.05) is 0 Å². The predicted octanol–water partition coefficient (Wildman–Crippen LogP) is 3.51. The van der Waals surface area contributed by atoms with Crippen molar-refractivity contribution in [3.63, 3.8) is 0 Å². The fourth-order valence-corrected chi connectivity index (χ4v) is 2.11. The van der Waals surface area contributed by atoms with E-state index >= 15 is 0 Å². The van der Waals surface area contributed by atoms with Crippen molar-refractivity contribution < 1.29 is 0 Å². The van der Waals surface area contributed by atoms with Crippen molar-refractivity contribution in [2.45, 2.75) is 6.92 Å². The van der Waals surface area contributed by atoms with Crippen molar-refractivity contribution in [2.24, 2.45) is 0 Å². The van der Waals surface area contributed by atoms with Gasteiger partial charge in [-0.2, -0.15) is 0 Å². The van der Waals surface area contributed by atoms with Crippen LogP contribution in [0.3, 0.4) is 0 Å². The lowest BCUT2D eigenvalue weighted by Gasteiger charge is -2.07. The van der Waals surface area contributed by atoms with E-state index in [1.807, 2.05) is 36.9 Å². The molecular weight excluding hydrogens is 234 g/mol. The molecule has 3 heteroatoms. The van der Waals surface area contributed by atoms with Crippen LogP contribution in [0.5, 0.6) is 0 Å². The van der Waals surface area contributed by atoms with Gasteiger partial charge in [-0.1, -0.05) is 12.1 Å². The van der Waals surface area contributed by atoms with E-state index in [9.17, 15) is 0 Å². The molecule has 0 aliphatic heterocycles. The third-order valence-corrected chi connectivity index (χ3v) is 2.98. The summed E-state index contributed by atoms with van der Waals surface area (Å²) in [5.41, 5.74) is 5.72. The Morgan fingerprint density at radius 2 is 1.32 bits per heavy atom. The molecule has 0 radical (unpaired) electrons. The molecule has 0 saturated heterocycles. The predicted molar refractivity (Wildman–Crippen MR) is 75.4 cm³/mol. The summed E-state index contributed by atoms with van der Waals surface area (Å²) in [6, 6.07) is 10.5. The van der Waals surface area contributed by atoms with Crippen molar-refractivity contribution >= 4 is 0 Å². The highest BCUT2D eigenvalue weighted by molar-refractivity contribution is 5.73. The quantitative estimate of drug-likeness (QED) is 0.695. The maximum atomic E-state index is 4.07. The normalized spacial score (nSPS) is 10.4. The first-order valence-corrected chi connectivity index (χ1v) is 6.10. The second-order valence-electron chi connectivity index (χ2n) is 4.45. The molecule has 0 saturated carbocycles. The molecule has 2 heterocycles. The van der Waals surface area contributed by atoms with Crippen LogP contribution in [0.4, 0.5) is 0 Å². The van der Waals surface area contributed by atoms with E-state index < -0.39 is 0 Å². The SMILES string of the molecule is Cc1cc(-c2ccncc2)cc(-c2cncnc2)c1. The van der Waals surface area contributed by atoms with Crippen molar-refractivity contribution in [1.29, 1.82) is 0 Å². The number of pyridine rings is 1. The first-order valence-electron chi connectivity index (χ1n) is 6.10. The minimum absolute atomic E-state index is 1.03. The number of hydrogen-bond donors (Lipinski definition) is 0. The molecule has 3 aromatic rings. The van der Waals surface area contributed by atoms with E-state index in [2.05, 4.69) is 40.1 Å². The fourth-order valence-electron chi connectivity index (χ4n) is 2.11. The molecule has 0 N–H and O–H groups in total. The zero-order valence-corrected chi connectivity index (χ0v) is 10.6. The number of benzene rings is 1.